The van der Waals surface area contributed by atoms with Crippen LogP contribution in [-0.4, -0.2) is 22.8 Å². The number of ether oxygens (including phenoxy) is 1. The van der Waals surface area contributed by atoms with Gasteiger partial charge < -0.3 is 9.72 Å². The van der Waals surface area contributed by atoms with E-state index in [0.29, 0.717) is 11.3 Å². The molecule has 0 bridgehead atoms. The van der Waals surface area contributed by atoms with Crippen molar-refractivity contribution in [1.82, 2.24) is 4.98 Å². The summed E-state index contributed by atoms with van der Waals surface area (Å²) in [6, 6.07) is 16.5. The number of fused-ring (bicyclic) bond motifs is 1. The molecule has 0 aliphatic carbocycles. The van der Waals surface area contributed by atoms with Crippen LogP contribution in [0.5, 0.6) is 0 Å². The number of para-hydroxylation sites is 1. The van der Waals surface area contributed by atoms with E-state index in [9.17, 15) is 9.59 Å². The van der Waals surface area contributed by atoms with Crippen LogP contribution >= 0.6 is 0 Å². The first-order valence-corrected chi connectivity index (χ1v) is 7.44. The molecular formula is C19H17NO3. The lowest BCUT2D eigenvalue weighted by atomic mass is 10.1. The molecule has 23 heavy (non-hydrogen) atoms. The first-order valence-electron chi connectivity index (χ1n) is 7.44. The fourth-order valence-corrected chi connectivity index (χ4v) is 2.41. The number of hydrogen-bond acceptors (Lipinski definition) is 3. The molecule has 1 N–H and O–H groups in total. The monoisotopic (exact) mass is 307 g/mol. The van der Waals surface area contributed by atoms with Crippen molar-refractivity contribution in [2.24, 2.45) is 0 Å². The summed E-state index contributed by atoms with van der Waals surface area (Å²) >= 11 is 0. The van der Waals surface area contributed by atoms with Crippen molar-refractivity contribution in [2.45, 2.75) is 20.0 Å². The van der Waals surface area contributed by atoms with E-state index in [0.717, 1.165) is 16.5 Å². The van der Waals surface area contributed by atoms with Crippen molar-refractivity contribution in [3.63, 3.8) is 0 Å². The van der Waals surface area contributed by atoms with Crippen LogP contribution in [0.4, 0.5) is 0 Å². The normalized spacial score (nSPS) is 12.1. The third kappa shape index (κ3) is 3.16. The van der Waals surface area contributed by atoms with Crippen LogP contribution in [0.2, 0.25) is 0 Å². The van der Waals surface area contributed by atoms with E-state index < -0.39 is 12.1 Å². The Balaban J connectivity index is 1.73. The molecule has 3 aromatic rings. The highest BCUT2D eigenvalue weighted by molar-refractivity contribution is 6.02. The van der Waals surface area contributed by atoms with Crippen molar-refractivity contribution in [2.75, 3.05) is 0 Å². The van der Waals surface area contributed by atoms with E-state index in [-0.39, 0.29) is 5.78 Å². The lowest BCUT2D eigenvalue weighted by molar-refractivity contribution is 0.0314. The molecule has 0 saturated carbocycles. The molecule has 1 atom stereocenters. The number of esters is 1. The molecule has 4 nitrogen and oxygen atoms in total. The number of ketones is 1. The van der Waals surface area contributed by atoms with E-state index in [1.807, 2.05) is 43.3 Å². The number of carbonyl (C=O) groups is 2. The zero-order valence-electron chi connectivity index (χ0n) is 13.0. The summed E-state index contributed by atoms with van der Waals surface area (Å²) < 4.78 is 5.29. The highest BCUT2D eigenvalue weighted by Gasteiger charge is 2.21. The van der Waals surface area contributed by atoms with Gasteiger partial charge in [-0.1, -0.05) is 48.0 Å². The average molecular weight is 307 g/mol. The first kappa shape index (κ1) is 15.0. The van der Waals surface area contributed by atoms with Crippen molar-refractivity contribution in [3.8, 4) is 0 Å². The molecule has 0 radical (unpaired) electrons. The number of aryl methyl sites for hydroxylation is 1. The Kier molecular flexibility index (Phi) is 3.98. The van der Waals surface area contributed by atoms with Crippen LogP contribution in [0, 0.1) is 6.92 Å². The summed E-state index contributed by atoms with van der Waals surface area (Å²) in [5, 5.41) is 0.928. The Morgan fingerprint density at radius 3 is 2.43 bits per heavy atom. The first-order chi connectivity index (χ1) is 11.0. The molecule has 0 saturated heterocycles. The Morgan fingerprint density at radius 2 is 1.74 bits per heavy atom. The Morgan fingerprint density at radius 1 is 1.04 bits per heavy atom. The minimum Gasteiger partial charge on any atom is -0.450 e. The third-order valence-corrected chi connectivity index (χ3v) is 3.74. The van der Waals surface area contributed by atoms with Crippen LogP contribution in [0.1, 0.15) is 33.3 Å². The molecule has 0 fully saturated rings. The number of benzene rings is 2. The standard InChI is InChI=1S/C19H17NO3/c1-12-7-9-14(10-8-12)18(21)13(2)23-19(22)17-11-15-5-3-4-6-16(15)20-17/h3-11,13,20H,1-2H3. The van der Waals surface area contributed by atoms with Crippen LogP contribution in [0.3, 0.4) is 0 Å². The van der Waals surface area contributed by atoms with Gasteiger partial charge in [0.25, 0.3) is 0 Å². The van der Waals surface area contributed by atoms with Gasteiger partial charge in [0.15, 0.2) is 6.10 Å². The van der Waals surface area contributed by atoms with Gasteiger partial charge >= 0.3 is 5.97 Å². The van der Waals surface area contributed by atoms with Gasteiger partial charge in [-0.2, -0.15) is 0 Å². The van der Waals surface area contributed by atoms with E-state index in [1.54, 1.807) is 25.1 Å². The molecule has 0 amide bonds. The van der Waals surface area contributed by atoms with Crippen LogP contribution < -0.4 is 0 Å². The lowest BCUT2D eigenvalue weighted by Gasteiger charge is -2.11. The van der Waals surface area contributed by atoms with Gasteiger partial charge in [-0.05, 0) is 26.0 Å². The van der Waals surface area contributed by atoms with E-state index in [2.05, 4.69) is 4.98 Å². The summed E-state index contributed by atoms with van der Waals surface area (Å²) in [6.45, 7) is 3.54. The predicted molar refractivity (Wildman–Crippen MR) is 88.7 cm³/mol. The van der Waals surface area contributed by atoms with Gasteiger partial charge in [0.2, 0.25) is 5.78 Å². The molecule has 1 unspecified atom stereocenters. The number of nitrogens with one attached hydrogen (secondary N) is 1. The van der Waals surface area contributed by atoms with Gasteiger partial charge in [0.1, 0.15) is 5.69 Å². The molecule has 0 spiro atoms. The maximum absolute atomic E-state index is 12.3. The van der Waals surface area contributed by atoms with Gasteiger partial charge in [-0.3, -0.25) is 4.79 Å². The second-order valence-electron chi connectivity index (χ2n) is 5.55. The Labute approximate surface area is 134 Å². The van der Waals surface area contributed by atoms with E-state index in [4.69, 9.17) is 4.74 Å². The molecule has 4 heteroatoms. The predicted octanol–water partition coefficient (Wildman–Crippen LogP) is 3.90. The van der Waals surface area contributed by atoms with Crippen LogP contribution in [0.25, 0.3) is 10.9 Å². The van der Waals surface area contributed by atoms with Gasteiger partial charge in [0, 0.05) is 16.5 Å². The smallest absolute Gasteiger partial charge is 0.355 e. The zero-order chi connectivity index (χ0) is 16.4. The van der Waals surface area contributed by atoms with Crippen LogP contribution in [-0.2, 0) is 4.74 Å². The maximum Gasteiger partial charge on any atom is 0.355 e. The molecular weight excluding hydrogens is 290 g/mol. The molecule has 3 rings (SSSR count). The number of carbonyl (C=O) groups excluding carboxylic acids is 2. The molecule has 116 valence electrons. The molecule has 0 aliphatic heterocycles. The van der Waals surface area contributed by atoms with E-state index >= 15 is 0 Å². The second-order valence-corrected chi connectivity index (χ2v) is 5.55. The summed E-state index contributed by atoms with van der Waals surface area (Å²) in [4.78, 5) is 27.5. The molecule has 1 aromatic heterocycles. The van der Waals surface area contributed by atoms with Gasteiger partial charge in [-0.15, -0.1) is 0 Å². The van der Waals surface area contributed by atoms with Crippen molar-refractivity contribution in [3.05, 3.63) is 71.4 Å². The minimum absolute atomic E-state index is 0.213. The number of aromatic nitrogens is 1. The summed E-state index contributed by atoms with van der Waals surface area (Å²) in [5.41, 5.74) is 2.81. The number of Topliss-reactive ketones (excluding diaryl/α,β-unsaturated/α-hetero) is 1. The summed E-state index contributed by atoms with van der Waals surface area (Å²) in [6.07, 6.45) is -0.836. The van der Waals surface area contributed by atoms with Crippen LogP contribution in [0.15, 0.2) is 54.6 Å². The van der Waals surface area contributed by atoms with E-state index in [1.165, 1.54) is 0 Å². The molecule has 2 aromatic carbocycles. The molecule has 0 aliphatic rings. The SMILES string of the molecule is Cc1ccc(C(=O)C(C)OC(=O)c2cc3ccccc3[nH]2)cc1. The topological polar surface area (TPSA) is 59.2 Å². The highest BCUT2D eigenvalue weighted by atomic mass is 16.5. The summed E-state index contributed by atoms with van der Waals surface area (Å²) in [5.74, 6) is -0.747. The number of aromatic amines is 1. The lowest BCUT2D eigenvalue weighted by Crippen LogP contribution is -2.24. The molecule has 1 heterocycles. The largest absolute Gasteiger partial charge is 0.450 e. The minimum atomic E-state index is -0.836. The zero-order valence-corrected chi connectivity index (χ0v) is 13.0. The van der Waals surface area contributed by atoms with Crippen molar-refractivity contribution < 1.29 is 14.3 Å². The second kappa shape index (κ2) is 6.08. The fourth-order valence-electron chi connectivity index (χ4n) is 2.41. The Bertz CT molecular complexity index is 829. The van der Waals surface area contributed by atoms with Crippen molar-refractivity contribution >= 4 is 22.7 Å². The number of hydrogen-bond donors (Lipinski definition) is 1. The maximum atomic E-state index is 12.3. The summed E-state index contributed by atoms with van der Waals surface area (Å²) in [7, 11) is 0. The fraction of sp³-hybridized carbons (Fsp3) is 0.158. The highest BCUT2D eigenvalue weighted by Crippen LogP contribution is 2.16. The third-order valence-electron chi connectivity index (χ3n) is 3.74. The van der Waals surface area contributed by atoms with Gasteiger partial charge in [0.05, 0.1) is 0 Å². The Hall–Kier alpha value is -2.88. The average Bonchev–Trinajstić information content (AvgIpc) is 2.99. The number of H-pyrrole nitrogens is 1. The quantitative estimate of drug-likeness (QED) is 0.587. The van der Waals surface area contributed by atoms with Crippen molar-refractivity contribution in [1.29, 1.82) is 0 Å². The number of rotatable bonds is 4. The van der Waals surface area contributed by atoms with Gasteiger partial charge in [-0.25, -0.2) is 4.79 Å².